The van der Waals surface area contributed by atoms with Crippen LogP contribution in [0.3, 0.4) is 0 Å². The molecule has 1 aromatic carbocycles. The van der Waals surface area contributed by atoms with E-state index in [1.165, 1.54) is 12.1 Å². The Bertz CT molecular complexity index is 602. The number of aromatic nitrogens is 1. The highest BCUT2D eigenvalue weighted by atomic mass is 35.5. The molecule has 6 heteroatoms. The van der Waals surface area contributed by atoms with Crippen LogP contribution in [0.2, 0.25) is 10.0 Å². The number of benzene rings is 1. The molecule has 1 aromatic heterocycles. The average Bonchev–Trinajstić information content (AvgIpc) is 2.39. The lowest BCUT2D eigenvalue weighted by Crippen LogP contribution is -2.19. The summed E-state index contributed by atoms with van der Waals surface area (Å²) in [5, 5.41) is 3.90. The standard InChI is InChI=1S/C14H14Cl2FN3/c1-8(6-9-2-4-10(17)5-3-9)19-14-12(16)7-11(15)13(18)20-14/h2-5,7-8H,6H2,1H3,(H3,18,19,20). The fourth-order valence-electron chi connectivity index (χ4n) is 1.84. The van der Waals surface area contributed by atoms with Gasteiger partial charge in [-0.05, 0) is 37.1 Å². The van der Waals surface area contributed by atoms with Crippen LogP contribution in [0.15, 0.2) is 30.3 Å². The Balaban J connectivity index is 2.06. The highest BCUT2D eigenvalue weighted by Crippen LogP contribution is 2.28. The van der Waals surface area contributed by atoms with Crippen LogP contribution in [0.4, 0.5) is 16.0 Å². The van der Waals surface area contributed by atoms with Gasteiger partial charge in [-0.25, -0.2) is 9.37 Å². The molecule has 0 saturated heterocycles. The summed E-state index contributed by atoms with van der Waals surface area (Å²) in [5.74, 6) is 0.472. The molecule has 0 amide bonds. The Morgan fingerprint density at radius 3 is 2.55 bits per heavy atom. The molecular formula is C14H14Cl2FN3. The Morgan fingerprint density at radius 1 is 1.25 bits per heavy atom. The van der Waals surface area contributed by atoms with Crippen LogP contribution in [0.1, 0.15) is 12.5 Å². The monoisotopic (exact) mass is 313 g/mol. The fourth-order valence-corrected chi connectivity index (χ4v) is 2.25. The minimum atomic E-state index is -0.246. The number of nitrogens with one attached hydrogen (secondary N) is 1. The first-order chi connectivity index (χ1) is 9.45. The van der Waals surface area contributed by atoms with Crippen LogP contribution in [-0.2, 0) is 6.42 Å². The van der Waals surface area contributed by atoms with Gasteiger partial charge in [0.1, 0.15) is 17.5 Å². The molecule has 1 atom stereocenters. The van der Waals surface area contributed by atoms with Crippen molar-refractivity contribution in [1.29, 1.82) is 0 Å². The Hall–Kier alpha value is -1.52. The van der Waals surface area contributed by atoms with Crippen molar-refractivity contribution in [2.75, 3.05) is 11.1 Å². The van der Waals surface area contributed by atoms with Crippen LogP contribution in [0.25, 0.3) is 0 Å². The van der Waals surface area contributed by atoms with Crippen molar-refractivity contribution in [3.8, 4) is 0 Å². The van der Waals surface area contributed by atoms with Crippen LogP contribution in [-0.4, -0.2) is 11.0 Å². The Kier molecular flexibility index (Phi) is 4.68. The maximum Gasteiger partial charge on any atom is 0.147 e. The summed E-state index contributed by atoms with van der Waals surface area (Å²) in [4.78, 5) is 4.11. The zero-order chi connectivity index (χ0) is 14.7. The molecular weight excluding hydrogens is 300 g/mol. The summed E-state index contributed by atoms with van der Waals surface area (Å²) in [6.45, 7) is 1.98. The van der Waals surface area contributed by atoms with Gasteiger partial charge in [-0.2, -0.15) is 0 Å². The smallest absolute Gasteiger partial charge is 0.147 e. The zero-order valence-corrected chi connectivity index (χ0v) is 12.3. The van der Waals surface area contributed by atoms with Crippen molar-refractivity contribution in [2.24, 2.45) is 0 Å². The van der Waals surface area contributed by atoms with E-state index in [2.05, 4.69) is 10.3 Å². The van der Waals surface area contributed by atoms with Gasteiger partial charge in [0.2, 0.25) is 0 Å². The van der Waals surface area contributed by atoms with Crippen LogP contribution < -0.4 is 11.1 Å². The predicted molar refractivity (Wildman–Crippen MR) is 81.9 cm³/mol. The quantitative estimate of drug-likeness (QED) is 0.891. The Morgan fingerprint density at radius 2 is 1.90 bits per heavy atom. The van der Waals surface area contributed by atoms with Crippen molar-refractivity contribution in [2.45, 2.75) is 19.4 Å². The van der Waals surface area contributed by atoms with Crippen molar-refractivity contribution in [3.05, 3.63) is 51.8 Å². The molecule has 0 aliphatic carbocycles. The second-order valence-electron chi connectivity index (χ2n) is 4.56. The van der Waals surface area contributed by atoms with Gasteiger partial charge in [-0.15, -0.1) is 0 Å². The van der Waals surface area contributed by atoms with Gasteiger partial charge in [0.25, 0.3) is 0 Å². The third-order valence-corrected chi connectivity index (χ3v) is 3.39. The highest BCUT2D eigenvalue weighted by Gasteiger charge is 2.10. The van der Waals surface area contributed by atoms with Crippen LogP contribution in [0, 0.1) is 5.82 Å². The number of nitrogens with zero attached hydrogens (tertiary/aromatic N) is 1. The zero-order valence-electron chi connectivity index (χ0n) is 10.8. The van der Waals surface area contributed by atoms with Gasteiger partial charge in [0, 0.05) is 6.04 Å². The lowest BCUT2D eigenvalue weighted by Gasteiger charge is -2.16. The number of hydrogen-bond donors (Lipinski definition) is 2. The normalized spacial score (nSPS) is 12.2. The number of pyridine rings is 1. The molecule has 0 aliphatic heterocycles. The predicted octanol–water partition coefficient (Wildman–Crippen LogP) is 4.15. The number of halogens is 3. The number of nitrogen functional groups attached to an aromatic ring is 1. The first-order valence-electron chi connectivity index (χ1n) is 6.08. The Labute approximate surface area is 126 Å². The molecule has 20 heavy (non-hydrogen) atoms. The molecule has 0 spiro atoms. The molecule has 106 valence electrons. The molecule has 0 bridgehead atoms. The summed E-state index contributed by atoms with van der Waals surface area (Å²) < 4.78 is 12.8. The lowest BCUT2D eigenvalue weighted by molar-refractivity contribution is 0.626. The molecule has 3 nitrogen and oxygen atoms in total. The molecule has 0 radical (unpaired) electrons. The van der Waals surface area contributed by atoms with E-state index in [1.807, 2.05) is 6.92 Å². The molecule has 1 heterocycles. The summed E-state index contributed by atoms with van der Waals surface area (Å²) in [6.07, 6.45) is 0.709. The van der Waals surface area contributed by atoms with Crippen LogP contribution >= 0.6 is 23.2 Å². The molecule has 2 rings (SSSR count). The number of hydrogen-bond acceptors (Lipinski definition) is 3. The number of rotatable bonds is 4. The van der Waals surface area contributed by atoms with Crippen molar-refractivity contribution >= 4 is 34.8 Å². The number of nitrogens with two attached hydrogens (primary N) is 1. The highest BCUT2D eigenvalue weighted by molar-refractivity contribution is 6.37. The van der Waals surface area contributed by atoms with E-state index in [4.69, 9.17) is 28.9 Å². The molecule has 2 aromatic rings. The maximum atomic E-state index is 12.8. The second-order valence-corrected chi connectivity index (χ2v) is 5.38. The molecule has 3 N–H and O–H groups in total. The minimum Gasteiger partial charge on any atom is -0.382 e. The topological polar surface area (TPSA) is 50.9 Å². The third-order valence-electron chi connectivity index (χ3n) is 2.79. The van der Waals surface area contributed by atoms with Gasteiger partial charge in [-0.1, -0.05) is 35.3 Å². The summed E-state index contributed by atoms with van der Waals surface area (Å²) in [7, 11) is 0. The molecule has 0 aliphatic rings. The first-order valence-corrected chi connectivity index (χ1v) is 6.84. The minimum absolute atomic E-state index is 0.0611. The SMILES string of the molecule is CC(Cc1ccc(F)cc1)Nc1nc(N)c(Cl)cc1Cl. The van der Waals surface area contributed by atoms with Crippen LogP contribution in [0.5, 0.6) is 0 Å². The van der Waals surface area contributed by atoms with Gasteiger partial charge >= 0.3 is 0 Å². The maximum absolute atomic E-state index is 12.8. The van der Waals surface area contributed by atoms with Gasteiger partial charge in [0.05, 0.1) is 10.0 Å². The molecule has 0 saturated carbocycles. The lowest BCUT2D eigenvalue weighted by atomic mass is 10.1. The summed E-state index contributed by atoms with van der Waals surface area (Å²) >= 11 is 11.9. The van der Waals surface area contributed by atoms with Gasteiger partial charge in [-0.3, -0.25) is 0 Å². The average molecular weight is 314 g/mol. The van der Waals surface area contributed by atoms with E-state index in [0.717, 1.165) is 5.56 Å². The van der Waals surface area contributed by atoms with Crippen molar-refractivity contribution in [1.82, 2.24) is 4.98 Å². The summed E-state index contributed by atoms with van der Waals surface area (Å²) in [5.41, 5.74) is 6.67. The van der Waals surface area contributed by atoms with Gasteiger partial charge < -0.3 is 11.1 Å². The largest absolute Gasteiger partial charge is 0.382 e. The molecule has 0 fully saturated rings. The second kappa shape index (κ2) is 6.29. The van der Waals surface area contributed by atoms with E-state index in [-0.39, 0.29) is 17.7 Å². The first kappa shape index (κ1) is 14.9. The van der Waals surface area contributed by atoms with Crippen molar-refractivity contribution < 1.29 is 4.39 Å². The van der Waals surface area contributed by atoms with E-state index < -0.39 is 0 Å². The van der Waals surface area contributed by atoms with Gasteiger partial charge in [0.15, 0.2) is 0 Å². The van der Waals surface area contributed by atoms with E-state index >= 15 is 0 Å². The summed E-state index contributed by atoms with van der Waals surface area (Å²) in [6, 6.07) is 7.99. The fraction of sp³-hybridized carbons (Fsp3) is 0.214. The van der Waals surface area contributed by atoms with E-state index in [1.54, 1.807) is 18.2 Å². The number of anilines is 2. The van der Waals surface area contributed by atoms with E-state index in [0.29, 0.717) is 22.3 Å². The third kappa shape index (κ3) is 3.74. The van der Waals surface area contributed by atoms with E-state index in [9.17, 15) is 4.39 Å². The molecule has 1 unspecified atom stereocenters. The van der Waals surface area contributed by atoms with Crippen molar-refractivity contribution in [3.63, 3.8) is 0 Å².